The molecule has 0 radical (unpaired) electrons. The van der Waals surface area contributed by atoms with Gasteiger partial charge in [-0.15, -0.1) is 0 Å². The number of aliphatic carboxylic acids is 1. The van der Waals surface area contributed by atoms with Gasteiger partial charge in [0.15, 0.2) is 5.82 Å². The summed E-state index contributed by atoms with van der Waals surface area (Å²) in [6, 6.07) is 25.1. The standard InChI is InChI=1S/C37H45N3O4/c1-3-5-6-7-8-9-10-11-15-21-34-38-35(44-39-34)31-24-22-30(23-25-31)33(4-2)40(36(41)37(42)43)27-28-17-16-20-32(26-28)29-18-13-12-14-19-29/h12-14,16-20,22-26,33H,3-11,15,21,27H2,1-2H3,(H,42,43). The molecular formula is C37H45N3O4. The smallest absolute Gasteiger partial charge is 0.394 e. The van der Waals surface area contributed by atoms with Gasteiger partial charge in [-0.1, -0.05) is 131 Å². The monoisotopic (exact) mass is 595 g/mol. The molecular weight excluding hydrogens is 550 g/mol. The fourth-order valence-electron chi connectivity index (χ4n) is 5.67. The Balaban J connectivity index is 1.39. The van der Waals surface area contributed by atoms with E-state index >= 15 is 0 Å². The lowest BCUT2D eigenvalue weighted by Crippen LogP contribution is -2.38. The molecule has 0 aliphatic heterocycles. The van der Waals surface area contributed by atoms with Crippen molar-refractivity contribution in [2.75, 3.05) is 0 Å². The molecule has 7 nitrogen and oxygen atoms in total. The van der Waals surface area contributed by atoms with Crippen LogP contribution >= 0.6 is 0 Å². The second-order valence-corrected chi connectivity index (χ2v) is 11.4. The van der Waals surface area contributed by atoms with Gasteiger partial charge >= 0.3 is 11.9 Å². The van der Waals surface area contributed by atoms with Crippen molar-refractivity contribution >= 4 is 11.9 Å². The van der Waals surface area contributed by atoms with E-state index in [1.165, 1.54) is 56.3 Å². The molecule has 0 spiro atoms. The number of carbonyl (C=O) groups excluding carboxylic acids is 1. The molecule has 44 heavy (non-hydrogen) atoms. The predicted molar refractivity (Wildman–Crippen MR) is 174 cm³/mol. The Labute approximate surface area is 261 Å². The summed E-state index contributed by atoms with van der Waals surface area (Å²) in [5.41, 5.74) is 4.58. The molecule has 4 aromatic rings. The van der Waals surface area contributed by atoms with E-state index in [1.807, 2.05) is 85.8 Å². The average molecular weight is 596 g/mol. The summed E-state index contributed by atoms with van der Waals surface area (Å²) >= 11 is 0. The van der Waals surface area contributed by atoms with Gasteiger partial charge in [0, 0.05) is 18.5 Å². The summed E-state index contributed by atoms with van der Waals surface area (Å²) in [6.45, 7) is 4.38. The zero-order valence-electron chi connectivity index (χ0n) is 26.1. The minimum atomic E-state index is -1.47. The van der Waals surface area contributed by atoms with Crippen LogP contribution in [0.3, 0.4) is 0 Å². The van der Waals surface area contributed by atoms with Crippen molar-refractivity contribution in [2.24, 2.45) is 0 Å². The lowest BCUT2D eigenvalue weighted by molar-refractivity contribution is -0.157. The molecule has 0 aliphatic rings. The SMILES string of the molecule is CCCCCCCCCCCc1noc(-c2ccc(C(CC)N(Cc3cccc(-c4ccccc4)c3)C(=O)C(=O)O)cc2)n1. The number of hydrogen-bond donors (Lipinski definition) is 1. The van der Waals surface area contributed by atoms with Gasteiger partial charge in [0.1, 0.15) is 0 Å². The highest BCUT2D eigenvalue weighted by molar-refractivity contribution is 6.31. The molecule has 0 bridgehead atoms. The van der Waals surface area contributed by atoms with Crippen LogP contribution in [0.5, 0.6) is 0 Å². The Bertz CT molecular complexity index is 1450. The van der Waals surface area contributed by atoms with Crippen molar-refractivity contribution in [3.8, 4) is 22.6 Å². The molecule has 0 fully saturated rings. The molecule has 0 saturated carbocycles. The maximum Gasteiger partial charge on any atom is 0.394 e. The maximum atomic E-state index is 13.0. The van der Waals surface area contributed by atoms with Crippen molar-refractivity contribution in [3.63, 3.8) is 0 Å². The van der Waals surface area contributed by atoms with E-state index in [-0.39, 0.29) is 6.54 Å². The maximum absolute atomic E-state index is 13.0. The third-order valence-electron chi connectivity index (χ3n) is 8.11. The Kier molecular flexibility index (Phi) is 12.7. The van der Waals surface area contributed by atoms with Crippen LogP contribution in [-0.2, 0) is 22.6 Å². The Morgan fingerprint density at radius 1 is 0.773 bits per heavy atom. The van der Waals surface area contributed by atoms with Gasteiger partial charge in [-0.3, -0.25) is 4.79 Å². The summed E-state index contributed by atoms with van der Waals surface area (Å²) in [6.07, 6.45) is 12.8. The number of carboxylic acids is 1. The fourth-order valence-corrected chi connectivity index (χ4v) is 5.67. The number of benzene rings is 3. The molecule has 1 N–H and O–H groups in total. The van der Waals surface area contributed by atoms with Gasteiger partial charge in [-0.05, 0) is 53.3 Å². The summed E-state index contributed by atoms with van der Waals surface area (Å²) in [7, 11) is 0. The van der Waals surface area contributed by atoms with Gasteiger partial charge in [-0.2, -0.15) is 4.98 Å². The van der Waals surface area contributed by atoms with Crippen molar-refractivity contribution in [1.82, 2.24) is 15.0 Å². The number of aromatic nitrogens is 2. The second kappa shape index (κ2) is 17.1. The van der Waals surface area contributed by atoms with E-state index in [4.69, 9.17) is 4.52 Å². The summed E-state index contributed by atoms with van der Waals surface area (Å²) < 4.78 is 5.55. The molecule has 0 saturated heterocycles. The highest BCUT2D eigenvalue weighted by Crippen LogP contribution is 2.30. The molecule has 0 aliphatic carbocycles. The normalized spacial score (nSPS) is 11.8. The van der Waals surface area contributed by atoms with Crippen LogP contribution < -0.4 is 0 Å². The Morgan fingerprint density at radius 3 is 2.09 bits per heavy atom. The molecule has 1 aromatic heterocycles. The fraction of sp³-hybridized carbons (Fsp3) is 0.405. The van der Waals surface area contributed by atoms with Gasteiger partial charge < -0.3 is 14.5 Å². The zero-order chi connectivity index (χ0) is 31.1. The lowest BCUT2D eigenvalue weighted by atomic mass is 9.99. The van der Waals surface area contributed by atoms with Crippen molar-refractivity contribution in [3.05, 3.63) is 95.8 Å². The van der Waals surface area contributed by atoms with Crippen molar-refractivity contribution in [1.29, 1.82) is 0 Å². The number of rotatable bonds is 17. The zero-order valence-corrected chi connectivity index (χ0v) is 26.1. The quantitative estimate of drug-likeness (QED) is 0.0966. The van der Waals surface area contributed by atoms with E-state index in [0.29, 0.717) is 12.3 Å². The van der Waals surface area contributed by atoms with Gasteiger partial charge in [0.25, 0.3) is 5.89 Å². The van der Waals surface area contributed by atoms with E-state index < -0.39 is 17.9 Å². The number of carboxylic acid groups (broad SMARTS) is 1. The lowest BCUT2D eigenvalue weighted by Gasteiger charge is -2.30. The van der Waals surface area contributed by atoms with Gasteiger partial charge in [0.2, 0.25) is 0 Å². The molecule has 4 rings (SSSR count). The van der Waals surface area contributed by atoms with Crippen LogP contribution in [0.15, 0.2) is 83.4 Å². The van der Waals surface area contributed by atoms with E-state index in [9.17, 15) is 14.7 Å². The van der Waals surface area contributed by atoms with Crippen molar-refractivity contribution in [2.45, 2.75) is 97.1 Å². The molecule has 3 aromatic carbocycles. The van der Waals surface area contributed by atoms with Gasteiger partial charge in [0.05, 0.1) is 6.04 Å². The predicted octanol–water partition coefficient (Wildman–Crippen LogP) is 9.04. The number of nitrogens with zero attached hydrogens (tertiary/aromatic N) is 3. The van der Waals surface area contributed by atoms with Crippen molar-refractivity contribution < 1.29 is 19.2 Å². The van der Waals surface area contributed by atoms with Crippen LogP contribution in [-0.4, -0.2) is 32.0 Å². The van der Waals surface area contributed by atoms with Crippen LogP contribution in [0.4, 0.5) is 0 Å². The minimum absolute atomic E-state index is 0.179. The topological polar surface area (TPSA) is 96.5 Å². The van der Waals surface area contributed by atoms with E-state index in [1.54, 1.807) is 0 Å². The first-order valence-electron chi connectivity index (χ1n) is 16.1. The minimum Gasteiger partial charge on any atom is -0.474 e. The first-order chi connectivity index (χ1) is 21.5. The number of aryl methyl sites for hydroxylation is 1. The molecule has 1 heterocycles. The third kappa shape index (κ3) is 9.37. The molecule has 232 valence electrons. The molecule has 7 heteroatoms. The number of amides is 1. The number of hydrogen-bond acceptors (Lipinski definition) is 5. The average Bonchev–Trinajstić information content (AvgIpc) is 3.53. The Hall–Kier alpha value is -4.26. The molecule has 1 amide bonds. The van der Waals surface area contributed by atoms with Crippen LogP contribution in [0.2, 0.25) is 0 Å². The third-order valence-corrected chi connectivity index (χ3v) is 8.11. The summed E-state index contributed by atoms with van der Waals surface area (Å²) in [5, 5.41) is 13.9. The highest BCUT2D eigenvalue weighted by atomic mass is 16.5. The summed E-state index contributed by atoms with van der Waals surface area (Å²) in [5.74, 6) is -1.21. The van der Waals surface area contributed by atoms with E-state index in [2.05, 4.69) is 17.1 Å². The first kappa shape index (κ1) is 32.6. The van der Waals surface area contributed by atoms with E-state index in [0.717, 1.165) is 46.5 Å². The molecule has 1 atom stereocenters. The number of carbonyl (C=O) groups is 2. The molecule has 1 unspecified atom stereocenters. The largest absolute Gasteiger partial charge is 0.474 e. The first-order valence-corrected chi connectivity index (χ1v) is 16.1. The Morgan fingerprint density at radius 2 is 1.43 bits per heavy atom. The number of unbranched alkanes of at least 4 members (excludes halogenated alkanes) is 8. The van der Waals surface area contributed by atoms with Crippen LogP contribution in [0, 0.1) is 0 Å². The second-order valence-electron chi connectivity index (χ2n) is 11.4. The van der Waals surface area contributed by atoms with Crippen LogP contribution in [0.1, 0.15) is 101 Å². The summed E-state index contributed by atoms with van der Waals surface area (Å²) in [4.78, 5) is 30.9. The highest BCUT2D eigenvalue weighted by Gasteiger charge is 2.29. The van der Waals surface area contributed by atoms with Crippen LogP contribution in [0.25, 0.3) is 22.6 Å². The van der Waals surface area contributed by atoms with Gasteiger partial charge in [-0.25, -0.2) is 4.79 Å².